The number of hydrogen-bond acceptors (Lipinski definition) is 1. The minimum absolute atomic E-state index is 0.0741. The van der Waals surface area contributed by atoms with Crippen molar-refractivity contribution in [3.05, 3.63) is 29.6 Å². The Bertz CT molecular complexity index is 286. The van der Waals surface area contributed by atoms with E-state index in [4.69, 9.17) is 4.74 Å². The third kappa shape index (κ3) is 3.35. The molecule has 0 saturated heterocycles. The van der Waals surface area contributed by atoms with Crippen molar-refractivity contribution in [1.29, 1.82) is 0 Å². The van der Waals surface area contributed by atoms with Crippen LogP contribution in [0, 0.1) is 5.82 Å². The van der Waals surface area contributed by atoms with Gasteiger partial charge in [0, 0.05) is 11.4 Å². The summed E-state index contributed by atoms with van der Waals surface area (Å²) in [5.74, 6) is 0.331. The van der Waals surface area contributed by atoms with E-state index in [2.05, 4.69) is 15.9 Å². The summed E-state index contributed by atoms with van der Waals surface area (Å²) in [4.78, 5) is 0. The molecule has 0 heterocycles. The van der Waals surface area contributed by atoms with Crippen LogP contribution >= 0.6 is 15.9 Å². The maximum Gasteiger partial charge on any atom is 0.127 e. The molecule has 1 nitrogen and oxygen atoms in total. The van der Waals surface area contributed by atoms with Crippen LogP contribution in [-0.4, -0.2) is 6.10 Å². The van der Waals surface area contributed by atoms with Gasteiger partial charge in [-0.15, -0.1) is 0 Å². The topological polar surface area (TPSA) is 9.23 Å². The van der Waals surface area contributed by atoms with E-state index in [1.165, 1.54) is 12.1 Å². The molecule has 1 rings (SSSR count). The minimum atomic E-state index is -0.257. The highest BCUT2D eigenvalue weighted by Gasteiger charge is 2.02. The molecule has 0 aromatic heterocycles. The standard InChI is InChI=1S/C10H12BrFO/c1-7(2)13-10-4-8(6-11)3-9(12)5-10/h3-5,7H,6H2,1-2H3. The van der Waals surface area contributed by atoms with Crippen molar-refractivity contribution in [2.45, 2.75) is 25.3 Å². The molecule has 0 aliphatic rings. The van der Waals surface area contributed by atoms with E-state index in [0.29, 0.717) is 11.1 Å². The molecule has 0 bridgehead atoms. The van der Waals surface area contributed by atoms with Gasteiger partial charge in [-0.1, -0.05) is 15.9 Å². The summed E-state index contributed by atoms with van der Waals surface area (Å²) in [6.45, 7) is 3.83. The molecule has 0 spiro atoms. The predicted molar refractivity (Wildman–Crippen MR) is 54.8 cm³/mol. The molecule has 1 aromatic carbocycles. The lowest BCUT2D eigenvalue weighted by Gasteiger charge is -2.10. The molecule has 0 fully saturated rings. The Hall–Kier alpha value is -0.570. The molecule has 0 saturated carbocycles. The molecule has 1 aromatic rings. The summed E-state index contributed by atoms with van der Waals surface area (Å²) < 4.78 is 18.3. The fourth-order valence-electron chi connectivity index (χ4n) is 1.04. The van der Waals surface area contributed by atoms with Crippen molar-refractivity contribution in [3.63, 3.8) is 0 Å². The third-order valence-electron chi connectivity index (χ3n) is 1.46. The number of hydrogen-bond donors (Lipinski definition) is 0. The monoisotopic (exact) mass is 246 g/mol. The summed E-state index contributed by atoms with van der Waals surface area (Å²) in [5.41, 5.74) is 0.885. The average Bonchev–Trinajstić information content (AvgIpc) is 2.01. The predicted octanol–water partition coefficient (Wildman–Crippen LogP) is 3.51. The summed E-state index contributed by atoms with van der Waals surface area (Å²) in [5, 5.41) is 0.638. The fourth-order valence-corrected chi connectivity index (χ4v) is 1.36. The van der Waals surface area contributed by atoms with Crippen molar-refractivity contribution < 1.29 is 9.13 Å². The van der Waals surface area contributed by atoms with Gasteiger partial charge in [-0.05, 0) is 31.5 Å². The molecule has 0 N–H and O–H groups in total. The zero-order valence-electron chi connectivity index (χ0n) is 7.68. The van der Waals surface area contributed by atoms with Crippen LogP contribution < -0.4 is 4.74 Å². The zero-order chi connectivity index (χ0) is 9.84. The van der Waals surface area contributed by atoms with Gasteiger partial charge < -0.3 is 4.74 Å². The number of rotatable bonds is 3. The second-order valence-corrected chi connectivity index (χ2v) is 3.66. The third-order valence-corrected chi connectivity index (χ3v) is 2.10. The molecular weight excluding hydrogens is 235 g/mol. The van der Waals surface area contributed by atoms with Gasteiger partial charge in [-0.3, -0.25) is 0 Å². The van der Waals surface area contributed by atoms with Gasteiger partial charge in [0.1, 0.15) is 11.6 Å². The van der Waals surface area contributed by atoms with E-state index < -0.39 is 0 Å². The maximum atomic E-state index is 13.0. The highest BCUT2D eigenvalue weighted by Crippen LogP contribution is 2.19. The molecule has 0 amide bonds. The van der Waals surface area contributed by atoms with E-state index in [9.17, 15) is 4.39 Å². The van der Waals surface area contributed by atoms with E-state index in [1.807, 2.05) is 19.9 Å². The van der Waals surface area contributed by atoms with Crippen LogP contribution in [0.2, 0.25) is 0 Å². The Balaban J connectivity index is 2.88. The van der Waals surface area contributed by atoms with Crippen LogP contribution in [0.4, 0.5) is 4.39 Å². The highest BCUT2D eigenvalue weighted by atomic mass is 79.9. The Labute approximate surface area is 86.0 Å². The quantitative estimate of drug-likeness (QED) is 0.742. The van der Waals surface area contributed by atoms with Crippen molar-refractivity contribution in [1.82, 2.24) is 0 Å². The SMILES string of the molecule is CC(C)Oc1cc(F)cc(CBr)c1. The van der Waals surface area contributed by atoms with Gasteiger partial charge >= 0.3 is 0 Å². The van der Waals surface area contributed by atoms with Crippen molar-refractivity contribution in [3.8, 4) is 5.75 Å². The summed E-state index contributed by atoms with van der Waals surface area (Å²) in [6.07, 6.45) is 0.0741. The number of ether oxygens (including phenoxy) is 1. The first-order valence-corrected chi connectivity index (χ1v) is 5.26. The molecule has 72 valence electrons. The van der Waals surface area contributed by atoms with Crippen LogP contribution in [0.25, 0.3) is 0 Å². The Morgan fingerprint density at radius 1 is 1.38 bits per heavy atom. The normalized spacial score (nSPS) is 10.5. The summed E-state index contributed by atoms with van der Waals surface area (Å²) in [7, 11) is 0. The van der Waals surface area contributed by atoms with Crippen molar-refractivity contribution >= 4 is 15.9 Å². The molecule has 0 unspecified atom stereocenters. The van der Waals surface area contributed by atoms with Gasteiger partial charge in [-0.2, -0.15) is 0 Å². The van der Waals surface area contributed by atoms with E-state index in [-0.39, 0.29) is 11.9 Å². The van der Waals surface area contributed by atoms with Crippen LogP contribution in [0.1, 0.15) is 19.4 Å². The number of halogens is 2. The van der Waals surface area contributed by atoms with Gasteiger partial charge in [-0.25, -0.2) is 4.39 Å². The van der Waals surface area contributed by atoms with Crippen LogP contribution in [-0.2, 0) is 5.33 Å². The van der Waals surface area contributed by atoms with Crippen LogP contribution in [0.15, 0.2) is 18.2 Å². The first-order valence-electron chi connectivity index (χ1n) is 4.14. The number of alkyl halides is 1. The minimum Gasteiger partial charge on any atom is -0.491 e. The van der Waals surface area contributed by atoms with Gasteiger partial charge in [0.05, 0.1) is 6.10 Å². The van der Waals surface area contributed by atoms with E-state index in [1.54, 1.807) is 0 Å². The van der Waals surface area contributed by atoms with Crippen LogP contribution in [0.3, 0.4) is 0 Å². The number of benzene rings is 1. The molecule has 3 heteroatoms. The van der Waals surface area contributed by atoms with Crippen molar-refractivity contribution in [2.24, 2.45) is 0 Å². The lowest BCUT2D eigenvalue weighted by Crippen LogP contribution is -2.05. The largest absolute Gasteiger partial charge is 0.491 e. The van der Waals surface area contributed by atoms with Crippen molar-refractivity contribution in [2.75, 3.05) is 0 Å². The van der Waals surface area contributed by atoms with E-state index in [0.717, 1.165) is 5.56 Å². The Morgan fingerprint density at radius 3 is 2.62 bits per heavy atom. The lowest BCUT2D eigenvalue weighted by atomic mass is 10.2. The first kappa shape index (κ1) is 10.5. The molecule has 0 aliphatic carbocycles. The smallest absolute Gasteiger partial charge is 0.127 e. The Kier molecular flexibility index (Phi) is 3.72. The van der Waals surface area contributed by atoms with Crippen LogP contribution in [0.5, 0.6) is 5.75 Å². The highest BCUT2D eigenvalue weighted by molar-refractivity contribution is 9.08. The molecular formula is C10H12BrFO. The molecule has 0 atom stereocenters. The average molecular weight is 247 g/mol. The molecule has 0 aliphatic heterocycles. The van der Waals surface area contributed by atoms with Gasteiger partial charge in [0.15, 0.2) is 0 Å². The summed E-state index contributed by atoms with van der Waals surface area (Å²) >= 11 is 3.27. The van der Waals surface area contributed by atoms with Gasteiger partial charge in [0.2, 0.25) is 0 Å². The molecule has 13 heavy (non-hydrogen) atoms. The fraction of sp³-hybridized carbons (Fsp3) is 0.400. The van der Waals surface area contributed by atoms with E-state index >= 15 is 0 Å². The maximum absolute atomic E-state index is 13.0. The molecule has 0 radical (unpaired) electrons. The first-order chi connectivity index (χ1) is 6.11. The zero-order valence-corrected chi connectivity index (χ0v) is 9.27. The lowest BCUT2D eigenvalue weighted by molar-refractivity contribution is 0.241. The second kappa shape index (κ2) is 4.61. The Morgan fingerprint density at radius 2 is 2.08 bits per heavy atom. The van der Waals surface area contributed by atoms with Gasteiger partial charge in [0.25, 0.3) is 0 Å². The second-order valence-electron chi connectivity index (χ2n) is 3.10. The summed E-state index contributed by atoms with van der Waals surface area (Å²) in [6, 6.07) is 4.71.